The second kappa shape index (κ2) is 8.66. The predicted molar refractivity (Wildman–Crippen MR) is 99.2 cm³/mol. The van der Waals surface area contributed by atoms with E-state index in [0.717, 1.165) is 31.2 Å². The summed E-state index contributed by atoms with van der Waals surface area (Å²) in [6.45, 7) is 10.9. The molecule has 140 valence electrons. The summed E-state index contributed by atoms with van der Waals surface area (Å²) in [6.07, 6.45) is 9.02. The molecule has 2 fully saturated rings. The van der Waals surface area contributed by atoms with Gasteiger partial charge in [-0.3, -0.25) is 9.69 Å². The summed E-state index contributed by atoms with van der Waals surface area (Å²) in [5, 5.41) is 8.98. The Kier molecular flexibility index (Phi) is 7.11. The molecule has 1 unspecified atom stereocenters. The van der Waals surface area contributed by atoms with E-state index < -0.39 is 5.97 Å². The normalized spacial score (nSPS) is 30.3. The molecule has 1 heterocycles. The van der Waals surface area contributed by atoms with Crippen molar-refractivity contribution in [2.24, 2.45) is 17.3 Å². The molecule has 1 atom stereocenters. The Balaban J connectivity index is 1.74. The van der Waals surface area contributed by atoms with Crippen LogP contribution < -0.4 is 0 Å². The van der Waals surface area contributed by atoms with E-state index in [4.69, 9.17) is 5.11 Å². The first kappa shape index (κ1) is 19.7. The van der Waals surface area contributed by atoms with Crippen LogP contribution in [0.2, 0.25) is 0 Å². The summed E-state index contributed by atoms with van der Waals surface area (Å²) in [6, 6.07) is 0.433. The quantitative estimate of drug-likeness (QED) is 0.830. The highest BCUT2D eigenvalue weighted by molar-refractivity contribution is 5.69. The van der Waals surface area contributed by atoms with Crippen LogP contribution in [0.4, 0.5) is 0 Å². The molecule has 24 heavy (non-hydrogen) atoms. The molecule has 0 aromatic rings. The molecule has 1 saturated heterocycles. The van der Waals surface area contributed by atoms with Crippen molar-refractivity contribution in [1.29, 1.82) is 0 Å². The lowest BCUT2D eigenvalue weighted by Gasteiger charge is -2.38. The number of nitrogens with zero attached hydrogens (tertiary/aromatic N) is 2. The summed E-state index contributed by atoms with van der Waals surface area (Å²) in [7, 11) is 1.96. The van der Waals surface area contributed by atoms with Crippen LogP contribution in [-0.4, -0.2) is 60.1 Å². The summed E-state index contributed by atoms with van der Waals surface area (Å²) in [5.74, 6) is 1.05. The van der Waals surface area contributed by atoms with E-state index in [2.05, 4.69) is 25.7 Å². The third kappa shape index (κ3) is 6.03. The second-order valence-corrected chi connectivity index (χ2v) is 9.28. The Labute approximate surface area is 148 Å². The van der Waals surface area contributed by atoms with Gasteiger partial charge in [0.25, 0.3) is 0 Å². The summed E-state index contributed by atoms with van der Waals surface area (Å²) in [4.78, 5) is 15.6. The van der Waals surface area contributed by atoms with Crippen molar-refractivity contribution in [3.05, 3.63) is 0 Å². The first-order valence-corrected chi connectivity index (χ1v) is 9.90. The van der Waals surface area contributed by atoms with Crippen LogP contribution in [0.15, 0.2) is 0 Å². The molecule has 1 aliphatic heterocycles. The van der Waals surface area contributed by atoms with Crippen LogP contribution in [0, 0.1) is 17.3 Å². The SMILES string of the molecule is CN(CC(=O)O)C1CCCN(CC2CCC(C(C)(C)C)CC2)CC1. The van der Waals surface area contributed by atoms with Gasteiger partial charge >= 0.3 is 5.97 Å². The van der Waals surface area contributed by atoms with Crippen LogP contribution in [-0.2, 0) is 4.79 Å². The van der Waals surface area contributed by atoms with E-state index in [1.54, 1.807) is 0 Å². The van der Waals surface area contributed by atoms with Gasteiger partial charge in [-0.05, 0) is 82.3 Å². The molecule has 1 aliphatic carbocycles. The van der Waals surface area contributed by atoms with E-state index >= 15 is 0 Å². The number of hydrogen-bond acceptors (Lipinski definition) is 3. The fraction of sp³-hybridized carbons (Fsp3) is 0.950. The molecule has 2 rings (SSSR count). The van der Waals surface area contributed by atoms with Gasteiger partial charge in [0.1, 0.15) is 0 Å². The van der Waals surface area contributed by atoms with Crippen molar-refractivity contribution < 1.29 is 9.90 Å². The van der Waals surface area contributed by atoms with Gasteiger partial charge in [-0.15, -0.1) is 0 Å². The van der Waals surface area contributed by atoms with Crippen molar-refractivity contribution in [3.8, 4) is 0 Å². The van der Waals surface area contributed by atoms with E-state index in [-0.39, 0.29) is 6.54 Å². The van der Waals surface area contributed by atoms with Crippen molar-refractivity contribution in [3.63, 3.8) is 0 Å². The van der Waals surface area contributed by atoms with Crippen LogP contribution in [0.25, 0.3) is 0 Å². The minimum Gasteiger partial charge on any atom is -0.480 e. The van der Waals surface area contributed by atoms with Gasteiger partial charge < -0.3 is 10.0 Å². The first-order chi connectivity index (χ1) is 11.3. The van der Waals surface area contributed by atoms with Crippen LogP contribution in [0.3, 0.4) is 0 Å². The van der Waals surface area contributed by atoms with E-state index in [1.165, 1.54) is 45.2 Å². The fourth-order valence-electron chi connectivity index (χ4n) is 4.68. The maximum Gasteiger partial charge on any atom is 0.317 e. The number of likely N-dealkylation sites (N-methyl/N-ethyl adjacent to an activating group) is 1. The molecule has 4 nitrogen and oxygen atoms in total. The molecule has 0 spiro atoms. The van der Waals surface area contributed by atoms with Crippen molar-refractivity contribution in [1.82, 2.24) is 9.80 Å². The van der Waals surface area contributed by atoms with Crippen molar-refractivity contribution in [2.75, 3.05) is 33.2 Å². The lowest BCUT2D eigenvalue weighted by atomic mass is 9.70. The maximum absolute atomic E-state index is 10.9. The second-order valence-electron chi connectivity index (χ2n) is 9.28. The van der Waals surface area contributed by atoms with E-state index in [1.807, 2.05) is 11.9 Å². The Hall–Kier alpha value is -0.610. The number of aliphatic carboxylic acids is 1. The summed E-state index contributed by atoms with van der Waals surface area (Å²) in [5.41, 5.74) is 0.468. The number of likely N-dealkylation sites (tertiary alicyclic amines) is 1. The minimum absolute atomic E-state index is 0.168. The lowest BCUT2D eigenvalue weighted by Crippen LogP contribution is -2.37. The number of carboxylic acids is 1. The minimum atomic E-state index is -0.714. The lowest BCUT2D eigenvalue weighted by molar-refractivity contribution is -0.138. The average Bonchev–Trinajstić information content (AvgIpc) is 2.72. The first-order valence-electron chi connectivity index (χ1n) is 9.90. The molecule has 1 saturated carbocycles. The summed E-state index contributed by atoms with van der Waals surface area (Å²) >= 11 is 0. The zero-order valence-corrected chi connectivity index (χ0v) is 16.3. The van der Waals surface area contributed by atoms with Gasteiger partial charge in [0.05, 0.1) is 6.54 Å². The molecule has 4 heteroatoms. The maximum atomic E-state index is 10.9. The van der Waals surface area contributed by atoms with Crippen molar-refractivity contribution in [2.45, 2.75) is 71.8 Å². The highest BCUT2D eigenvalue weighted by Gasteiger charge is 2.31. The zero-order valence-electron chi connectivity index (χ0n) is 16.3. The Morgan fingerprint density at radius 1 is 1.08 bits per heavy atom. The number of carboxylic acid groups (broad SMARTS) is 1. The highest BCUT2D eigenvalue weighted by Crippen LogP contribution is 2.40. The van der Waals surface area contributed by atoms with Gasteiger partial charge in [-0.1, -0.05) is 20.8 Å². The van der Waals surface area contributed by atoms with Gasteiger partial charge in [0.15, 0.2) is 0 Å². The molecule has 1 N–H and O–H groups in total. The van der Waals surface area contributed by atoms with Crippen LogP contribution in [0.1, 0.15) is 65.7 Å². The number of hydrogen-bond donors (Lipinski definition) is 1. The Bertz CT molecular complexity index is 397. The van der Waals surface area contributed by atoms with Crippen molar-refractivity contribution >= 4 is 5.97 Å². The van der Waals surface area contributed by atoms with Crippen LogP contribution in [0.5, 0.6) is 0 Å². The molecule has 0 aromatic carbocycles. The average molecular weight is 339 g/mol. The third-order valence-corrected chi connectivity index (χ3v) is 6.39. The number of carbonyl (C=O) groups is 1. The molecular formula is C20H38N2O2. The smallest absolute Gasteiger partial charge is 0.317 e. The zero-order chi connectivity index (χ0) is 17.7. The topological polar surface area (TPSA) is 43.8 Å². The van der Waals surface area contributed by atoms with Gasteiger partial charge in [-0.2, -0.15) is 0 Å². The Morgan fingerprint density at radius 2 is 1.75 bits per heavy atom. The van der Waals surface area contributed by atoms with E-state index in [0.29, 0.717) is 11.5 Å². The van der Waals surface area contributed by atoms with E-state index in [9.17, 15) is 4.79 Å². The monoisotopic (exact) mass is 338 g/mol. The summed E-state index contributed by atoms with van der Waals surface area (Å²) < 4.78 is 0. The van der Waals surface area contributed by atoms with Gasteiger partial charge in [0, 0.05) is 12.6 Å². The molecule has 2 aliphatic rings. The largest absolute Gasteiger partial charge is 0.480 e. The van der Waals surface area contributed by atoms with Gasteiger partial charge in [-0.25, -0.2) is 0 Å². The fourth-order valence-corrected chi connectivity index (χ4v) is 4.68. The Morgan fingerprint density at radius 3 is 2.33 bits per heavy atom. The van der Waals surface area contributed by atoms with Gasteiger partial charge in [0.2, 0.25) is 0 Å². The molecule has 0 radical (unpaired) electrons. The molecule has 0 bridgehead atoms. The standard InChI is InChI=1S/C20H38N2O2/c1-20(2,3)17-9-7-16(8-10-17)14-22-12-5-6-18(11-13-22)21(4)15-19(23)24/h16-18H,5-15H2,1-4H3,(H,23,24). The molecule has 0 aromatic heterocycles. The number of rotatable bonds is 5. The predicted octanol–water partition coefficient (Wildman–Crippen LogP) is 3.71. The molecular weight excluding hydrogens is 300 g/mol. The van der Waals surface area contributed by atoms with Crippen LogP contribution >= 0.6 is 0 Å². The highest BCUT2D eigenvalue weighted by atomic mass is 16.4. The molecule has 0 amide bonds. The third-order valence-electron chi connectivity index (χ3n) is 6.39.